The molecule has 9 nitrogen and oxygen atoms in total. The lowest BCUT2D eigenvalue weighted by atomic mass is 10.0. The maximum atomic E-state index is 13.8. The smallest absolute Gasteiger partial charge is 0.254 e. The first kappa shape index (κ1) is 25.2. The summed E-state index contributed by atoms with van der Waals surface area (Å²) in [5.74, 6) is -0.798. The zero-order valence-corrected chi connectivity index (χ0v) is 19.4. The number of ether oxygens (including phenoxy) is 1. The number of fused-ring (bicyclic) bond motifs is 1. The van der Waals surface area contributed by atoms with E-state index in [1.165, 1.54) is 4.90 Å². The van der Waals surface area contributed by atoms with E-state index in [-0.39, 0.29) is 12.5 Å². The number of amides is 3. The van der Waals surface area contributed by atoms with Crippen LogP contribution in [-0.4, -0.2) is 49.4 Å². The highest BCUT2D eigenvalue weighted by molar-refractivity contribution is 6.05. The van der Waals surface area contributed by atoms with Gasteiger partial charge in [0, 0.05) is 6.54 Å². The average molecular weight is 468 g/mol. The van der Waals surface area contributed by atoms with Crippen LogP contribution in [-0.2, 0) is 14.4 Å². The Morgan fingerprint density at radius 2 is 1.76 bits per heavy atom. The molecule has 2 aromatic carbocycles. The van der Waals surface area contributed by atoms with Crippen molar-refractivity contribution in [3.63, 3.8) is 0 Å². The fourth-order valence-electron chi connectivity index (χ4n) is 3.76. The number of anilines is 1. The minimum atomic E-state index is -1.08. The third kappa shape index (κ3) is 6.33. The fraction of sp³-hybridized carbons (Fsp3) is 0.400. The Hall–Kier alpha value is -3.43. The Labute approximate surface area is 199 Å². The molecule has 0 unspecified atom stereocenters. The van der Waals surface area contributed by atoms with Gasteiger partial charge >= 0.3 is 0 Å². The third-order valence-electron chi connectivity index (χ3n) is 5.59. The van der Waals surface area contributed by atoms with Crippen LogP contribution < -0.4 is 31.7 Å². The summed E-state index contributed by atoms with van der Waals surface area (Å²) in [6.07, 6.45) is 1.81. The lowest BCUT2D eigenvalue weighted by Gasteiger charge is -2.28. The number of nitrogens with one attached hydrogen (secondary N) is 2. The molecule has 1 aliphatic rings. The highest BCUT2D eigenvalue weighted by Gasteiger charge is 2.41. The third-order valence-corrected chi connectivity index (χ3v) is 5.59. The summed E-state index contributed by atoms with van der Waals surface area (Å²) in [5, 5.41) is 5.59. The van der Waals surface area contributed by atoms with E-state index in [0.717, 1.165) is 19.3 Å². The van der Waals surface area contributed by atoms with Crippen LogP contribution in [0.15, 0.2) is 54.6 Å². The zero-order chi connectivity index (χ0) is 24.5. The van der Waals surface area contributed by atoms with Crippen molar-refractivity contribution in [1.29, 1.82) is 0 Å². The minimum absolute atomic E-state index is 0.206. The van der Waals surface area contributed by atoms with Crippen LogP contribution in [0.2, 0.25) is 0 Å². The van der Waals surface area contributed by atoms with Gasteiger partial charge in [0.15, 0.2) is 6.10 Å². The molecule has 1 aliphatic heterocycles. The van der Waals surface area contributed by atoms with Crippen LogP contribution in [0.25, 0.3) is 0 Å². The molecule has 34 heavy (non-hydrogen) atoms. The molecule has 0 aromatic heterocycles. The van der Waals surface area contributed by atoms with Crippen LogP contribution in [0.3, 0.4) is 0 Å². The number of benzene rings is 2. The normalized spacial score (nSPS) is 18.3. The second-order valence-electron chi connectivity index (χ2n) is 8.32. The van der Waals surface area contributed by atoms with Crippen LogP contribution in [0.1, 0.15) is 37.9 Å². The molecule has 3 atom stereocenters. The molecule has 0 spiro atoms. The Kier molecular flexibility index (Phi) is 9.00. The van der Waals surface area contributed by atoms with Crippen molar-refractivity contribution < 1.29 is 19.1 Å². The van der Waals surface area contributed by atoms with E-state index in [2.05, 4.69) is 10.6 Å². The number of carbonyl (C=O) groups excluding carboxylic acids is 3. The first-order valence-corrected chi connectivity index (χ1v) is 11.6. The Morgan fingerprint density at radius 3 is 2.47 bits per heavy atom. The van der Waals surface area contributed by atoms with Crippen LogP contribution in [0, 0.1) is 0 Å². The number of nitrogens with two attached hydrogens (primary N) is 2. The summed E-state index contributed by atoms with van der Waals surface area (Å²) >= 11 is 0. The van der Waals surface area contributed by atoms with Gasteiger partial charge in [0.2, 0.25) is 11.8 Å². The quantitative estimate of drug-likeness (QED) is 0.388. The number of unbranched alkanes of at least 4 members (excludes halogenated alkanes) is 2. The second kappa shape index (κ2) is 12.2. The van der Waals surface area contributed by atoms with Crippen LogP contribution in [0.5, 0.6) is 5.75 Å². The molecule has 0 aliphatic carbocycles. The molecule has 182 valence electrons. The molecule has 0 fully saturated rings. The first-order chi connectivity index (χ1) is 16.4. The van der Waals surface area contributed by atoms with Crippen molar-refractivity contribution in [3.05, 3.63) is 60.2 Å². The molecule has 0 radical (unpaired) electrons. The molecule has 3 rings (SSSR count). The Bertz CT molecular complexity index is 982. The highest BCUT2D eigenvalue weighted by Crippen LogP contribution is 2.37. The van der Waals surface area contributed by atoms with Gasteiger partial charge in [0.05, 0.1) is 11.7 Å². The summed E-state index contributed by atoms with van der Waals surface area (Å²) in [6, 6.07) is 14.3. The zero-order valence-electron chi connectivity index (χ0n) is 19.4. The van der Waals surface area contributed by atoms with Gasteiger partial charge in [-0.15, -0.1) is 0 Å². The molecule has 0 saturated carbocycles. The van der Waals surface area contributed by atoms with Crippen molar-refractivity contribution in [2.24, 2.45) is 11.5 Å². The molecular formula is C25H33N5O4. The number of carbonyl (C=O) groups is 3. The van der Waals surface area contributed by atoms with E-state index in [1.54, 1.807) is 31.2 Å². The van der Waals surface area contributed by atoms with Crippen LogP contribution >= 0.6 is 0 Å². The second-order valence-corrected chi connectivity index (χ2v) is 8.32. The molecule has 0 saturated heterocycles. The topological polar surface area (TPSA) is 140 Å². The lowest BCUT2D eigenvalue weighted by molar-refractivity contribution is -0.130. The van der Waals surface area contributed by atoms with Gasteiger partial charge < -0.3 is 26.8 Å². The van der Waals surface area contributed by atoms with E-state index in [0.29, 0.717) is 30.1 Å². The van der Waals surface area contributed by atoms with Crippen molar-refractivity contribution in [2.75, 3.05) is 24.5 Å². The predicted molar refractivity (Wildman–Crippen MR) is 130 cm³/mol. The van der Waals surface area contributed by atoms with Gasteiger partial charge in [-0.1, -0.05) is 48.9 Å². The largest absolute Gasteiger partial charge is 0.481 e. The molecule has 6 N–H and O–H groups in total. The molecule has 2 aromatic rings. The van der Waals surface area contributed by atoms with Gasteiger partial charge in [0.1, 0.15) is 18.3 Å². The van der Waals surface area contributed by atoms with E-state index in [4.69, 9.17) is 16.2 Å². The van der Waals surface area contributed by atoms with Crippen molar-refractivity contribution in [2.45, 2.75) is 44.4 Å². The van der Waals surface area contributed by atoms with Gasteiger partial charge in [0.25, 0.3) is 5.91 Å². The molecule has 0 bridgehead atoms. The average Bonchev–Trinajstić information content (AvgIpc) is 2.95. The maximum Gasteiger partial charge on any atom is 0.254 e. The molecule has 3 amide bonds. The van der Waals surface area contributed by atoms with Crippen molar-refractivity contribution in [3.8, 4) is 5.75 Å². The van der Waals surface area contributed by atoms with E-state index >= 15 is 0 Å². The molecule has 1 heterocycles. The standard InChI is InChI=1S/C25H33N5O4/c1-17(27)24(32)29-22-23(18-10-4-2-5-11-18)34-20-13-7-6-12-19(20)30(25(22)33)16-21(31)28-15-9-3-8-14-26/h2,4-7,10-13,17,22-23H,3,8-9,14-16,26-27H2,1H3,(H,28,31)(H,29,32)/t17-,22+,23-/m0/s1. The predicted octanol–water partition coefficient (Wildman–Crippen LogP) is 1.23. The lowest BCUT2D eigenvalue weighted by Crippen LogP contribution is -2.55. The molecular weight excluding hydrogens is 434 g/mol. The summed E-state index contributed by atoms with van der Waals surface area (Å²) in [5.41, 5.74) is 12.4. The summed E-state index contributed by atoms with van der Waals surface area (Å²) in [7, 11) is 0. The number of nitrogens with zero attached hydrogens (tertiary/aromatic N) is 1. The van der Waals surface area contributed by atoms with Gasteiger partial charge in [-0.2, -0.15) is 0 Å². The monoisotopic (exact) mass is 467 g/mol. The maximum absolute atomic E-state index is 13.8. The number of para-hydroxylation sites is 2. The summed E-state index contributed by atoms with van der Waals surface area (Å²) in [6.45, 7) is 2.45. The van der Waals surface area contributed by atoms with Gasteiger partial charge in [-0.25, -0.2) is 0 Å². The highest BCUT2D eigenvalue weighted by atomic mass is 16.5. The number of hydrogen-bond donors (Lipinski definition) is 4. The van der Waals surface area contributed by atoms with E-state index in [9.17, 15) is 14.4 Å². The van der Waals surface area contributed by atoms with Crippen molar-refractivity contribution in [1.82, 2.24) is 10.6 Å². The van der Waals surface area contributed by atoms with E-state index in [1.807, 2.05) is 30.3 Å². The Morgan fingerprint density at radius 1 is 1.06 bits per heavy atom. The summed E-state index contributed by atoms with van der Waals surface area (Å²) in [4.78, 5) is 40.4. The van der Waals surface area contributed by atoms with Gasteiger partial charge in [-0.05, 0) is 44.0 Å². The minimum Gasteiger partial charge on any atom is -0.481 e. The van der Waals surface area contributed by atoms with Gasteiger partial charge in [-0.3, -0.25) is 19.3 Å². The number of hydrogen-bond acceptors (Lipinski definition) is 6. The number of rotatable bonds is 10. The van der Waals surface area contributed by atoms with Crippen molar-refractivity contribution >= 4 is 23.4 Å². The van der Waals surface area contributed by atoms with Crippen LogP contribution in [0.4, 0.5) is 5.69 Å². The Balaban J connectivity index is 1.90. The summed E-state index contributed by atoms with van der Waals surface area (Å²) < 4.78 is 6.28. The van der Waals surface area contributed by atoms with E-state index < -0.39 is 30.0 Å². The first-order valence-electron chi connectivity index (χ1n) is 11.6. The SMILES string of the molecule is C[C@H](N)C(=O)N[C@H]1C(=O)N(CC(=O)NCCCCCN)c2ccccc2O[C@H]1c1ccccc1. The fourth-order valence-corrected chi connectivity index (χ4v) is 3.76. The molecule has 9 heteroatoms.